The fourth-order valence-corrected chi connectivity index (χ4v) is 3.70. The Labute approximate surface area is 169 Å². The summed E-state index contributed by atoms with van der Waals surface area (Å²) in [5.74, 6) is -0.452. The van der Waals surface area contributed by atoms with Crippen LogP contribution in [0.2, 0.25) is 0 Å². The summed E-state index contributed by atoms with van der Waals surface area (Å²) in [5, 5.41) is 7.21. The number of amides is 1. The summed E-state index contributed by atoms with van der Waals surface area (Å²) < 4.78 is 41.7. The van der Waals surface area contributed by atoms with Gasteiger partial charge in [-0.2, -0.15) is 0 Å². The third-order valence-corrected chi connectivity index (χ3v) is 4.99. The molecule has 0 spiro atoms. The van der Waals surface area contributed by atoms with Crippen molar-refractivity contribution in [1.29, 1.82) is 0 Å². The minimum atomic E-state index is -4.75. The third kappa shape index (κ3) is 4.13. The molecule has 1 amide bonds. The zero-order valence-corrected chi connectivity index (χ0v) is 15.6. The van der Waals surface area contributed by atoms with Crippen molar-refractivity contribution >= 4 is 22.6 Å². The van der Waals surface area contributed by atoms with Crippen molar-refractivity contribution in [2.45, 2.75) is 18.3 Å². The predicted octanol–water partition coefficient (Wildman–Crippen LogP) is 2.79. The van der Waals surface area contributed by atoms with Gasteiger partial charge in [-0.25, -0.2) is 9.97 Å². The van der Waals surface area contributed by atoms with E-state index in [-0.39, 0.29) is 23.3 Å². The van der Waals surface area contributed by atoms with Crippen LogP contribution in [0.5, 0.6) is 5.75 Å². The van der Waals surface area contributed by atoms with E-state index < -0.39 is 12.3 Å². The molecule has 4 N–H and O–H groups in total. The molecule has 2 heterocycles. The average molecular weight is 417 g/mol. The van der Waals surface area contributed by atoms with Crippen LogP contribution in [0.4, 0.5) is 19.0 Å². The smallest absolute Gasteiger partial charge is 0.406 e. The molecule has 0 saturated carbocycles. The first-order valence-corrected chi connectivity index (χ1v) is 9.18. The zero-order valence-electron chi connectivity index (χ0n) is 15.6. The molecular formula is C20H18F3N5O2. The van der Waals surface area contributed by atoms with E-state index >= 15 is 0 Å². The first-order valence-electron chi connectivity index (χ1n) is 9.18. The van der Waals surface area contributed by atoms with Crippen molar-refractivity contribution < 1.29 is 22.7 Å². The molecular weight excluding hydrogens is 399 g/mol. The number of primary amides is 1. The van der Waals surface area contributed by atoms with Gasteiger partial charge >= 0.3 is 6.36 Å². The number of nitrogens with two attached hydrogens (primary N) is 1. The zero-order chi connectivity index (χ0) is 21.3. The average Bonchev–Trinajstić information content (AvgIpc) is 3.15. The molecule has 1 aliphatic rings. The molecule has 4 rings (SSSR count). The van der Waals surface area contributed by atoms with E-state index in [9.17, 15) is 18.0 Å². The molecule has 0 unspecified atom stereocenters. The monoisotopic (exact) mass is 417 g/mol. The van der Waals surface area contributed by atoms with Gasteiger partial charge in [0.05, 0.1) is 11.1 Å². The van der Waals surface area contributed by atoms with Gasteiger partial charge in [0.15, 0.2) is 0 Å². The number of nitrogens with zero attached hydrogens (tertiary/aromatic N) is 2. The highest BCUT2D eigenvalue weighted by molar-refractivity contribution is 6.06. The molecule has 0 bridgehead atoms. The highest BCUT2D eigenvalue weighted by Gasteiger charge is 2.33. The second-order valence-electron chi connectivity index (χ2n) is 6.92. The summed E-state index contributed by atoms with van der Waals surface area (Å²) in [6.45, 7) is 1.15. The molecule has 30 heavy (non-hydrogen) atoms. The maximum atomic E-state index is 12.6. The number of carbonyl (C=O) groups is 1. The Kier molecular flexibility index (Phi) is 5.17. The summed E-state index contributed by atoms with van der Waals surface area (Å²) >= 11 is 0. The van der Waals surface area contributed by atoms with Gasteiger partial charge in [-0.05, 0) is 29.8 Å². The first-order chi connectivity index (χ1) is 14.3. The van der Waals surface area contributed by atoms with E-state index in [0.717, 1.165) is 0 Å². The summed E-state index contributed by atoms with van der Waals surface area (Å²) in [5.41, 5.74) is 6.86. The second kappa shape index (κ2) is 7.79. The standard InChI is InChI=1S/C20H18F3N5O2/c21-20(22,23)30-12-4-1-3-11(7-12)15-8-25-9-16(15)28-19-14-6-2-5-13(18(24)29)17(14)26-10-27-19/h1-7,10,15-16,25H,8-9H2,(H2,24,29)(H,26,27,28)/t15-,16+/m0/s1. The van der Waals surface area contributed by atoms with Crippen LogP contribution in [0, 0.1) is 0 Å². The number of nitrogens with one attached hydrogen (secondary N) is 2. The Morgan fingerprint density at radius 3 is 2.73 bits per heavy atom. The number of anilines is 1. The lowest BCUT2D eigenvalue weighted by Crippen LogP contribution is -2.28. The van der Waals surface area contributed by atoms with Gasteiger partial charge in [-0.1, -0.05) is 18.2 Å². The minimum Gasteiger partial charge on any atom is -0.406 e. The van der Waals surface area contributed by atoms with Crippen molar-refractivity contribution in [3.63, 3.8) is 0 Å². The Bertz CT molecular complexity index is 1090. The predicted molar refractivity (Wildman–Crippen MR) is 104 cm³/mol. The Hall–Kier alpha value is -3.40. The van der Waals surface area contributed by atoms with Gasteiger partial charge in [-0.15, -0.1) is 13.2 Å². The molecule has 10 heteroatoms. The number of rotatable bonds is 5. The summed E-state index contributed by atoms with van der Waals surface area (Å²) in [6, 6.07) is 10.9. The number of carbonyl (C=O) groups excluding carboxylic acids is 1. The lowest BCUT2D eigenvalue weighted by molar-refractivity contribution is -0.274. The van der Waals surface area contributed by atoms with Gasteiger partial charge in [0.1, 0.15) is 17.9 Å². The summed E-state index contributed by atoms with van der Waals surface area (Å²) in [6.07, 6.45) is -3.41. The lowest BCUT2D eigenvalue weighted by Gasteiger charge is -2.22. The van der Waals surface area contributed by atoms with E-state index in [0.29, 0.717) is 35.4 Å². The van der Waals surface area contributed by atoms with Crippen LogP contribution < -0.4 is 21.1 Å². The van der Waals surface area contributed by atoms with Crippen LogP contribution in [0.1, 0.15) is 21.8 Å². The molecule has 0 radical (unpaired) electrons. The molecule has 7 nitrogen and oxygen atoms in total. The molecule has 1 aromatic heterocycles. The van der Waals surface area contributed by atoms with E-state index in [1.165, 1.54) is 24.5 Å². The van der Waals surface area contributed by atoms with Gasteiger partial charge in [-0.3, -0.25) is 4.79 Å². The summed E-state index contributed by atoms with van der Waals surface area (Å²) in [7, 11) is 0. The van der Waals surface area contributed by atoms with Crippen LogP contribution in [0.25, 0.3) is 10.9 Å². The Morgan fingerprint density at radius 2 is 1.97 bits per heavy atom. The molecule has 156 valence electrons. The number of hydrogen-bond donors (Lipinski definition) is 3. The SMILES string of the molecule is NC(=O)c1cccc2c(N[C@@H]3CNC[C@H]3c3cccc(OC(F)(F)F)c3)ncnc12. The van der Waals surface area contributed by atoms with Crippen LogP contribution in [0.3, 0.4) is 0 Å². The van der Waals surface area contributed by atoms with Gasteiger partial charge < -0.3 is 21.1 Å². The van der Waals surface area contributed by atoms with E-state index in [4.69, 9.17) is 5.73 Å². The number of para-hydroxylation sites is 1. The molecule has 2 aromatic carbocycles. The highest BCUT2D eigenvalue weighted by atomic mass is 19.4. The molecule has 3 aromatic rings. The normalized spacial score (nSPS) is 19.0. The van der Waals surface area contributed by atoms with Gasteiger partial charge in [0, 0.05) is 30.4 Å². The first kappa shape index (κ1) is 19.9. The van der Waals surface area contributed by atoms with E-state index in [1.807, 2.05) is 0 Å². The van der Waals surface area contributed by atoms with Crippen molar-refractivity contribution in [1.82, 2.24) is 15.3 Å². The maximum absolute atomic E-state index is 12.6. The molecule has 1 saturated heterocycles. The highest BCUT2D eigenvalue weighted by Crippen LogP contribution is 2.31. The third-order valence-electron chi connectivity index (χ3n) is 4.99. The van der Waals surface area contributed by atoms with Crippen LogP contribution in [0.15, 0.2) is 48.8 Å². The summed E-state index contributed by atoms with van der Waals surface area (Å²) in [4.78, 5) is 20.1. The maximum Gasteiger partial charge on any atom is 0.573 e. The number of fused-ring (bicyclic) bond motifs is 1. The Balaban J connectivity index is 1.62. The number of aromatic nitrogens is 2. The fourth-order valence-electron chi connectivity index (χ4n) is 3.70. The van der Waals surface area contributed by atoms with Crippen LogP contribution in [-0.2, 0) is 0 Å². The van der Waals surface area contributed by atoms with Crippen molar-refractivity contribution in [2.24, 2.45) is 5.73 Å². The van der Waals surface area contributed by atoms with E-state index in [1.54, 1.807) is 24.3 Å². The van der Waals surface area contributed by atoms with Crippen molar-refractivity contribution in [2.75, 3.05) is 18.4 Å². The fraction of sp³-hybridized carbons (Fsp3) is 0.250. The molecule has 2 atom stereocenters. The number of benzene rings is 2. The minimum absolute atomic E-state index is 0.119. The number of ether oxygens (including phenoxy) is 1. The van der Waals surface area contributed by atoms with Crippen LogP contribution in [-0.4, -0.2) is 41.4 Å². The van der Waals surface area contributed by atoms with Gasteiger partial charge in [0.25, 0.3) is 5.91 Å². The lowest BCUT2D eigenvalue weighted by atomic mass is 9.94. The van der Waals surface area contributed by atoms with Gasteiger partial charge in [0.2, 0.25) is 0 Å². The van der Waals surface area contributed by atoms with Crippen molar-refractivity contribution in [3.05, 3.63) is 59.9 Å². The largest absolute Gasteiger partial charge is 0.573 e. The topological polar surface area (TPSA) is 102 Å². The second-order valence-corrected chi connectivity index (χ2v) is 6.92. The molecule has 1 aliphatic heterocycles. The number of hydrogen-bond acceptors (Lipinski definition) is 6. The van der Waals surface area contributed by atoms with Crippen molar-refractivity contribution in [3.8, 4) is 5.75 Å². The molecule has 0 aliphatic carbocycles. The number of alkyl halides is 3. The Morgan fingerprint density at radius 1 is 1.17 bits per heavy atom. The van der Waals surface area contributed by atoms with Crippen LogP contribution >= 0.6 is 0 Å². The number of halogens is 3. The van der Waals surface area contributed by atoms with E-state index in [2.05, 4.69) is 25.3 Å². The molecule has 1 fully saturated rings. The quantitative estimate of drug-likeness (QED) is 0.590.